The normalized spacial score (nSPS) is 11.6. The van der Waals surface area contributed by atoms with Gasteiger partial charge in [-0.25, -0.2) is 0 Å². The molecule has 2 aromatic rings. The highest BCUT2D eigenvalue weighted by molar-refractivity contribution is 5.82. The van der Waals surface area contributed by atoms with Gasteiger partial charge in [0.25, 0.3) is 0 Å². The lowest BCUT2D eigenvalue weighted by Gasteiger charge is -2.13. The molecule has 4 N–H and O–H groups in total. The lowest BCUT2D eigenvalue weighted by atomic mass is 10.1. The van der Waals surface area contributed by atoms with Gasteiger partial charge in [-0.3, -0.25) is 0 Å². The van der Waals surface area contributed by atoms with E-state index in [-0.39, 0.29) is 0 Å². The number of aromatic nitrogens is 1. The molecule has 0 saturated carbocycles. The topological polar surface area (TPSA) is 57.0 Å². The SMILES string of the molecule is CC(C)n1c(CN)cc2cc(CN)ccc21. The van der Waals surface area contributed by atoms with Gasteiger partial charge in [-0.15, -0.1) is 0 Å². The number of rotatable bonds is 3. The summed E-state index contributed by atoms with van der Waals surface area (Å²) in [5, 5.41) is 1.23. The van der Waals surface area contributed by atoms with Crippen molar-refractivity contribution < 1.29 is 0 Å². The Morgan fingerprint density at radius 3 is 2.44 bits per heavy atom. The second-order valence-electron chi connectivity index (χ2n) is 4.40. The van der Waals surface area contributed by atoms with Crippen LogP contribution in [0.5, 0.6) is 0 Å². The third kappa shape index (κ3) is 1.72. The summed E-state index contributed by atoms with van der Waals surface area (Å²) in [6, 6.07) is 8.96. The van der Waals surface area contributed by atoms with Gasteiger partial charge in [0.15, 0.2) is 0 Å². The molecule has 16 heavy (non-hydrogen) atoms. The van der Waals surface area contributed by atoms with E-state index in [9.17, 15) is 0 Å². The number of fused-ring (bicyclic) bond motifs is 1. The van der Waals surface area contributed by atoms with E-state index in [1.54, 1.807) is 0 Å². The molecule has 0 saturated heterocycles. The second kappa shape index (κ2) is 4.28. The maximum absolute atomic E-state index is 5.78. The number of nitrogens with two attached hydrogens (primary N) is 2. The van der Waals surface area contributed by atoms with Crippen molar-refractivity contribution >= 4 is 10.9 Å². The molecule has 0 aliphatic heterocycles. The molecule has 0 radical (unpaired) electrons. The molecule has 3 heteroatoms. The third-order valence-electron chi connectivity index (χ3n) is 2.94. The first kappa shape index (κ1) is 11.2. The Labute approximate surface area is 96.0 Å². The molecule has 0 aliphatic rings. The highest BCUT2D eigenvalue weighted by Crippen LogP contribution is 2.24. The molecule has 0 atom stereocenters. The molecule has 86 valence electrons. The summed E-state index contributed by atoms with van der Waals surface area (Å²) in [5.41, 5.74) is 15.0. The molecule has 0 spiro atoms. The molecular weight excluding hydrogens is 198 g/mol. The standard InChI is InChI=1S/C13H19N3/c1-9(2)16-12(8-15)6-11-5-10(7-14)3-4-13(11)16/h3-6,9H,7-8,14-15H2,1-2H3. The maximum atomic E-state index is 5.78. The molecule has 0 fully saturated rings. The van der Waals surface area contributed by atoms with Gasteiger partial charge >= 0.3 is 0 Å². The van der Waals surface area contributed by atoms with Crippen LogP contribution in [0, 0.1) is 0 Å². The molecule has 0 unspecified atom stereocenters. The van der Waals surface area contributed by atoms with Crippen LogP contribution in [0.15, 0.2) is 24.3 Å². The van der Waals surface area contributed by atoms with Gasteiger partial charge in [0.1, 0.15) is 0 Å². The van der Waals surface area contributed by atoms with Crippen molar-refractivity contribution in [3.8, 4) is 0 Å². The molecular formula is C13H19N3. The van der Waals surface area contributed by atoms with Crippen LogP contribution in [0.2, 0.25) is 0 Å². The molecule has 0 bridgehead atoms. The highest BCUT2D eigenvalue weighted by atomic mass is 15.0. The molecule has 1 heterocycles. The summed E-state index contributed by atoms with van der Waals surface area (Å²) >= 11 is 0. The van der Waals surface area contributed by atoms with Crippen molar-refractivity contribution in [1.82, 2.24) is 4.57 Å². The second-order valence-corrected chi connectivity index (χ2v) is 4.40. The average molecular weight is 217 g/mol. The van der Waals surface area contributed by atoms with Gasteiger partial charge < -0.3 is 16.0 Å². The Kier molecular flexibility index (Phi) is 2.99. The van der Waals surface area contributed by atoms with Gasteiger partial charge in [-0.05, 0) is 37.6 Å². The van der Waals surface area contributed by atoms with Crippen LogP contribution >= 0.6 is 0 Å². The van der Waals surface area contributed by atoms with Crippen LogP contribution in [-0.2, 0) is 13.1 Å². The fraction of sp³-hybridized carbons (Fsp3) is 0.385. The zero-order valence-electron chi connectivity index (χ0n) is 9.90. The van der Waals surface area contributed by atoms with E-state index in [2.05, 4.69) is 42.7 Å². The largest absolute Gasteiger partial charge is 0.341 e. The number of benzene rings is 1. The van der Waals surface area contributed by atoms with Crippen LogP contribution in [0.25, 0.3) is 10.9 Å². The Balaban J connectivity index is 2.67. The van der Waals surface area contributed by atoms with Gasteiger partial charge in [0.2, 0.25) is 0 Å². The minimum atomic E-state index is 0.430. The summed E-state index contributed by atoms with van der Waals surface area (Å²) in [5.74, 6) is 0. The maximum Gasteiger partial charge on any atom is 0.0485 e. The first-order valence-corrected chi connectivity index (χ1v) is 5.70. The summed E-state index contributed by atoms with van der Waals surface area (Å²) in [4.78, 5) is 0. The van der Waals surface area contributed by atoms with Crippen LogP contribution in [-0.4, -0.2) is 4.57 Å². The van der Waals surface area contributed by atoms with Crippen molar-refractivity contribution in [2.45, 2.75) is 33.0 Å². The smallest absolute Gasteiger partial charge is 0.0485 e. The minimum Gasteiger partial charge on any atom is -0.341 e. The number of hydrogen-bond acceptors (Lipinski definition) is 2. The third-order valence-corrected chi connectivity index (χ3v) is 2.94. The van der Waals surface area contributed by atoms with Crippen molar-refractivity contribution in [1.29, 1.82) is 0 Å². The Hall–Kier alpha value is -1.32. The summed E-state index contributed by atoms with van der Waals surface area (Å²) in [6.07, 6.45) is 0. The molecule has 1 aromatic carbocycles. The van der Waals surface area contributed by atoms with Crippen LogP contribution in [0.4, 0.5) is 0 Å². The van der Waals surface area contributed by atoms with Gasteiger partial charge in [0, 0.05) is 35.7 Å². The first-order valence-electron chi connectivity index (χ1n) is 5.70. The molecule has 2 rings (SSSR count). The average Bonchev–Trinajstić information content (AvgIpc) is 2.65. The fourth-order valence-corrected chi connectivity index (χ4v) is 2.24. The van der Waals surface area contributed by atoms with Crippen molar-refractivity contribution in [3.05, 3.63) is 35.5 Å². The fourth-order valence-electron chi connectivity index (χ4n) is 2.24. The summed E-state index contributed by atoms with van der Waals surface area (Å²) in [7, 11) is 0. The Bertz CT molecular complexity index is 497. The van der Waals surface area contributed by atoms with Crippen LogP contribution < -0.4 is 11.5 Å². The van der Waals surface area contributed by atoms with E-state index >= 15 is 0 Å². The molecule has 0 aliphatic carbocycles. The van der Waals surface area contributed by atoms with Crippen molar-refractivity contribution in [2.24, 2.45) is 11.5 Å². The predicted octanol–water partition coefficient (Wildman–Crippen LogP) is 2.14. The first-order chi connectivity index (χ1) is 7.67. The zero-order chi connectivity index (χ0) is 11.7. The van der Waals surface area contributed by atoms with E-state index in [1.807, 2.05) is 0 Å². The summed E-state index contributed by atoms with van der Waals surface area (Å²) in [6.45, 7) is 5.51. The summed E-state index contributed by atoms with van der Waals surface area (Å²) < 4.78 is 2.29. The van der Waals surface area contributed by atoms with Crippen molar-refractivity contribution in [2.75, 3.05) is 0 Å². The van der Waals surface area contributed by atoms with E-state index in [0.717, 1.165) is 5.56 Å². The highest BCUT2D eigenvalue weighted by Gasteiger charge is 2.10. The van der Waals surface area contributed by atoms with Crippen LogP contribution in [0.3, 0.4) is 0 Å². The predicted molar refractivity (Wildman–Crippen MR) is 68.1 cm³/mol. The quantitative estimate of drug-likeness (QED) is 0.827. The lowest BCUT2D eigenvalue weighted by Crippen LogP contribution is -2.09. The number of nitrogens with zero attached hydrogens (tertiary/aromatic N) is 1. The molecule has 1 aromatic heterocycles. The van der Waals surface area contributed by atoms with Gasteiger partial charge in [-0.2, -0.15) is 0 Å². The molecule has 0 amide bonds. The number of hydrogen-bond donors (Lipinski definition) is 2. The van der Waals surface area contributed by atoms with Gasteiger partial charge in [-0.1, -0.05) is 6.07 Å². The minimum absolute atomic E-state index is 0.430. The van der Waals surface area contributed by atoms with E-state index in [4.69, 9.17) is 11.5 Å². The van der Waals surface area contributed by atoms with E-state index in [1.165, 1.54) is 16.6 Å². The molecule has 3 nitrogen and oxygen atoms in total. The zero-order valence-corrected chi connectivity index (χ0v) is 9.90. The van der Waals surface area contributed by atoms with E-state index < -0.39 is 0 Å². The Morgan fingerprint density at radius 2 is 1.88 bits per heavy atom. The van der Waals surface area contributed by atoms with Crippen molar-refractivity contribution in [3.63, 3.8) is 0 Å². The monoisotopic (exact) mass is 217 g/mol. The van der Waals surface area contributed by atoms with E-state index in [0.29, 0.717) is 19.1 Å². The van der Waals surface area contributed by atoms with Gasteiger partial charge in [0.05, 0.1) is 0 Å². The lowest BCUT2D eigenvalue weighted by molar-refractivity contribution is 0.595. The Morgan fingerprint density at radius 1 is 1.12 bits per heavy atom. The van der Waals surface area contributed by atoms with Crippen LogP contribution in [0.1, 0.15) is 31.1 Å².